The lowest BCUT2D eigenvalue weighted by molar-refractivity contribution is -0.385. The molecule has 0 spiro atoms. The molecule has 0 aliphatic heterocycles. The van der Waals surface area contributed by atoms with Crippen LogP contribution in [0.2, 0.25) is 0 Å². The number of halogens is 1. The van der Waals surface area contributed by atoms with Gasteiger partial charge in [-0.05, 0) is 37.8 Å². The Morgan fingerprint density at radius 1 is 1.38 bits per heavy atom. The number of amides is 1. The van der Waals surface area contributed by atoms with Gasteiger partial charge in [0.2, 0.25) is 0 Å². The van der Waals surface area contributed by atoms with Gasteiger partial charge in [-0.15, -0.1) is 0 Å². The predicted octanol–water partition coefficient (Wildman–Crippen LogP) is 3.43. The first-order chi connectivity index (χ1) is 9.99. The van der Waals surface area contributed by atoms with E-state index in [0.29, 0.717) is 5.92 Å². The van der Waals surface area contributed by atoms with E-state index in [-0.39, 0.29) is 17.3 Å². The zero-order valence-corrected chi connectivity index (χ0v) is 12.0. The topological polar surface area (TPSA) is 72.2 Å². The standard InChI is InChI=1S/C15H19FN2O3/c1-10(11-5-3-2-4-6-11)17-15(19)13-9-12(16)7-8-14(13)18(20)21/h7-11H,2-6H2,1H3,(H,17,19). The van der Waals surface area contributed by atoms with Gasteiger partial charge in [-0.2, -0.15) is 0 Å². The highest BCUT2D eigenvalue weighted by atomic mass is 19.1. The molecule has 1 aliphatic rings. The third-order valence-corrected chi connectivity index (χ3v) is 4.12. The summed E-state index contributed by atoms with van der Waals surface area (Å²) in [5, 5.41) is 13.7. The van der Waals surface area contributed by atoms with Crippen LogP contribution in [0.15, 0.2) is 18.2 Å². The molecule has 0 saturated heterocycles. The molecule has 0 bridgehead atoms. The van der Waals surface area contributed by atoms with Gasteiger partial charge in [0.05, 0.1) is 4.92 Å². The summed E-state index contributed by atoms with van der Waals surface area (Å²) in [5.41, 5.74) is -0.590. The van der Waals surface area contributed by atoms with Crippen molar-refractivity contribution in [1.29, 1.82) is 0 Å². The first-order valence-electron chi connectivity index (χ1n) is 7.24. The fraction of sp³-hybridized carbons (Fsp3) is 0.533. The van der Waals surface area contributed by atoms with Crippen molar-refractivity contribution in [3.8, 4) is 0 Å². The largest absolute Gasteiger partial charge is 0.349 e. The van der Waals surface area contributed by atoms with Gasteiger partial charge in [0.1, 0.15) is 11.4 Å². The van der Waals surface area contributed by atoms with Crippen LogP contribution in [-0.4, -0.2) is 16.9 Å². The van der Waals surface area contributed by atoms with Crippen molar-refractivity contribution in [2.24, 2.45) is 5.92 Å². The summed E-state index contributed by atoms with van der Waals surface area (Å²) in [6, 6.07) is 2.86. The molecule has 1 atom stereocenters. The number of hydrogen-bond acceptors (Lipinski definition) is 3. The number of carbonyl (C=O) groups excluding carboxylic acids is 1. The molecule has 1 aliphatic carbocycles. The summed E-state index contributed by atoms with van der Waals surface area (Å²) in [4.78, 5) is 22.5. The first-order valence-corrected chi connectivity index (χ1v) is 7.24. The summed E-state index contributed by atoms with van der Waals surface area (Å²) >= 11 is 0. The first kappa shape index (κ1) is 15.4. The summed E-state index contributed by atoms with van der Waals surface area (Å²) < 4.78 is 13.3. The minimum absolute atomic E-state index is 0.0688. The van der Waals surface area contributed by atoms with E-state index in [1.54, 1.807) is 0 Å². The molecule has 2 rings (SSSR count). The number of nitrogens with one attached hydrogen (secondary N) is 1. The normalized spacial score (nSPS) is 17.2. The number of nitro groups is 1. The Morgan fingerprint density at radius 2 is 2.05 bits per heavy atom. The lowest BCUT2D eigenvalue weighted by Gasteiger charge is -2.28. The van der Waals surface area contributed by atoms with Crippen LogP contribution in [0.1, 0.15) is 49.4 Å². The molecule has 1 aromatic rings. The van der Waals surface area contributed by atoms with Gasteiger partial charge >= 0.3 is 0 Å². The molecule has 114 valence electrons. The predicted molar refractivity (Wildman–Crippen MR) is 76.6 cm³/mol. The Balaban J connectivity index is 2.12. The molecule has 1 aromatic carbocycles. The highest BCUT2D eigenvalue weighted by molar-refractivity contribution is 5.98. The van der Waals surface area contributed by atoms with E-state index in [4.69, 9.17) is 0 Å². The number of hydrogen-bond donors (Lipinski definition) is 1. The van der Waals surface area contributed by atoms with E-state index in [1.807, 2.05) is 6.92 Å². The van der Waals surface area contributed by atoms with Crippen molar-refractivity contribution in [2.45, 2.75) is 45.1 Å². The number of benzene rings is 1. The maximum atomic E-state index is 13.3. The van der Waals surface area contributed by atoms with Crippen LogP contribution < -0.4 is 5.32 Å². The van der Waals surface area contributed by atoms with Crippen LogP contribution in [0.5, 0.6) is 0 Å². The molecule has 0 heterocycles. The molecule has 21 heavy (non-hydrogen) atoms. The van der Waals surface area contributed by atoms with Crippen molar-refractivity contribution in [2.75, 3.05) is 0 Å². The molecule has 6 heteroatoms. The zero-order chi connectivity index (χ0) is 15.4. The average molecular weight is 294 g/mol. The number of nitrogens with zero attached hydrogens (tertiary/aromatic N) is 1. The molecule has 1 saturated carbocycles. The van der Waals surface area contributed by atoms with E-state index in [2.05, 4.69) is 5.32 Å². The second-order valence-corrected chi connectivity index (χ2v) is 5.58. The van der Waals surface area contributed by atoms with Crippen molar-refractivity contribution >= 4 is 11.6 Å². The highest BCUT2D eigenvalue weighted by Crippen LogP contribution is 2.27. The van der Waals surface area contributed by atoms with Crippen molar-refractivity contribution < 1.29 is 14.1 Å². The second-order valence-electron chi connectivity index (χ2n) is 5.58. The van der Waals surface area contributed by atoms with Crippen molar-refractivity contribution in [1.82, 2.24) is 5.32 Å². The molecule has 1 unspecified atom stereocenters. The maximum absolute atomic E-state index is 13.3. The van der Waals surface area contributed by atoms with Gasteiger partial charge < -0.3 is 5.32 Å². The van der Waals surface area contributed by atoms with E-state index in [9.17, 15) is 19.3 Å². The average Bonchev–Trinajstić information content (AvgIpc) is 2.47. The van der Waals surface area contributed by atoms with E-state index in [0.717, 1.165) is 43.9 Å². The van der Waals surface area contributed by atoms with E-state index >= 15 is 0 Å². The summed E-state index contributed by atoms with van der Waals surface area (Å²) in [6.45, 7) is 1.90. The van der Waals surface area contributed by atoms with E-state index in [1.165, 1.54) is 6.42 Å². The molecular formula is C15H19FN2O3. The Hall–Kier alpha value is -1.98. The molecule has 5 nitrogen and oxygen atoms in total. The van der Waals surface area contributed by atoms with Crippen LogP contribution >= 0.6 is 0 Å². The van der Waals surface area contributed by atoms with Crippen LogP contribution in [0, 0.1) is 21.8 Å². The fourth-order valence-electron chi connectivity index (χ4n) is 2.89. The van der Waals surface area contributed by atoms with Crippen LogP contribution in [-0.2, 0) is 0 Å². The van der Waals surface area contributed by atoms with Gasteiger partial charge in [0.15, 0.2) is 0 Å². The Labute approximate surface area is 122 Å². The number of carbonyl (C=O) groups is 1. The molecule has 1 amide bonds. The third kappa shape index (κ3) is 3.77. The van der Waals surface area contributed by atoms with Crippen molar-refractivity contribution in [3.05, 3.63) is 39.7 Å². The van der Waals surface area contributed by atoms with Crippen LogP contribution in [0.25, 0.3) is 0 Å². The summed E-state index contributed by atoms with van der Waals surface area (Å²) in [6.07, 6.45) is 5.60. The van der Waals surface area contributed by atoms with Crippen LogP contribution in [0.4, 0.5) is 10.1 Å². The zero-order valence-electron chi connectivity index (χ0n) is 12.0. The van der Waals surface area contributed by atoms with Gasteiger partial charge in [-0.1, -0.05) is 19.3 Å². The smallest absolute Gasteiger partial charge is 0.282 e. The van der Waals surface area contributed by atoms with Gasteiger partial charge in [-0.25, -0.2) is 4.39 Å². The molecule has 0 radical (unpaired) electrons. The Bertz CT molecular complexity index is 542. The molecule has 1 fully saturated rings. The quantitative estimate of drug-likeness (QED) is 0.683. The lowest BCUT2D eigenvalue weighted by Crippen LogP contribution is -2.39. The monoisotopic (exact) mass is 294 g/mol. The van der Waals surface area contributed by atoms with Gasteiger partial charge in [0.25, 0.3) is 11.6 Å². The second kappa shape index (κ2) is 6.65. The fourth-order valence-corrected chi connectivity index (χ4v) is 2.89. The summed E-state index contributed by atoms with van der Waals surface area (Å²) in [7, 11) is 0. The molecule has 1 N–H and O–H groups in total. The SMILES string of the molecule is CC(NC(=O)c1cc(F)ccc1[N+](=O)[O-])C1CCCCC1. The molecular weight excluding hydrogens is 275 g/mol. The Morgan fingerprint density at radius 3 is 2.67 bits per heavy atom. The van der Waals surface area contributed by atoms with Gasteiger partial charge in [0, 0.05) is 12.1 Å². The number of nitro benzene ring substituents is 1. The maximum Gasteiger partial charge on any atom is 0.282 e. The minimum Gasteiger partial charge on any atom is -0.349 e. The third-order valence-electron chi connectivity index (χ3n) is 4.12. The highest BCUT2D eigenvalue weighted by Gasteiger charge is 2.25. The number of rotatable bonds is 4. The van der Waals surface area contributed by atoms with Gasteiger partial charge in [-0.3, -0.25) is 14.9 Å². The van der Waals surface area contributed by atoms with Crippen LogP contribution in [0.3, 0.4) is 0 Å². The van der Waals surface area contributed by atoms with E-state index < -0.39 is 16.6 Å². The molecule has 0 aromatic heterocycles. The lowest BCUT2D eigenvalue weighted by atomic mass is 9.84. The Kier molecular flexibility index (Phi) is 4.88. The van der Waals surface area contributed by atoms with Crippen molar-refractivity contribution in [3.63, 3.8) is 0 Å². The minimum atomic E-state index is -0.667. The summed E-state index contributed by atoms with van der Waals surface area (Å²) in [5.74, 6) is -0.856.